The van der Waals surface area contributed by atoms with Crippen molar-refractivity contribution in [1.29, 1.82) is 5.26 Å². The summed E-state index contributed by atoms with van der Waals surface area (Å²) in [5.41, 5.74) is 1.23. The molecule has 4 unspecified atom stereocenters. The highest BCUT2D eigenvalue weighted by molar-refractivity contribution is 7.19. The fourth-order valence-corrected chi connectivity index (χ4v) is 16.4. The van der Waals surface area contributed by atoms with Crippen molar-refractivity contribution in [3.8, 4) is 11.8 Å². The molecule has 444 valence electrons. The maximum Gasteiger partial charge on any atom is 0.415 e. The molecule has 11 atom stereocenters. The predicted octanol–water partition coefficient (Wildman–Crippen LogP) is 9.86. The zero-order valence-corrected chi connectivity index (χ0v) is 50.5. The number of nitrogens with zero attached hydrogens (tertiary/aromatic N) is 4. The number of carbonyl (C=O) groups is 7. The topological polar surface area (TPSA) is 257 Å². The summed E-state index contributed by atoms with van der Waals surface area (Å²) in [7, 11) is 1.62. The van der Waals surface area contributed by atoms with E-state index < -0.39 is 23.5 Å². The average Bonchev–Trinajstić information content (AvgIpc) is 3.59. The van der Waals surface area contributed by atoms with E-state index in [4.69, 9.17) is 4.74 Å². The Labute approximate surface area is 483 Å². The summed E-state index contributed by atoms with van der Waals surface area (Å²) < 4.78 is 6.48. The van der Waals surface area contributed by atoms with Crippen molar-refractivity contribution < 1.29 is 53.6 Å². The fraction of sp³-hybridized carbons (Fsp3) is 0.698. The molecule has 1 aromatic carbocycles. The fourth-order valence-electron chi connectivity index (χ4n) is 15.6. The highest BCUT2D eigenvalue weighted by Gasteiger charge is 2.66. The van der Waals surface area contributed by atoms with Gasteiger partial charge in [0.1, 0.15) is 17.9 Å². The third-order valence-electron chi connectivity index (χ3n) is 20.6. The van der Waals surface area contributed by atoms with Crippen molar-refractivity contribution in [3.63, 3.8) is 0 Å². The van der Waals surface area contributed by atoms with Crippen LogP contribution in [0.15, 0.2) is 40.5 Å². The lowest BCUT2D eigenvalue weighted by molar-refractivity contribution is -0.210. The van der Waals surface area contributed by atoms with Crippen LogP contribution in [0.3, 0.4) is 0 Å². The largest absolute Gasteiger partial charge is 0.480 e. The number of benzene rings is 1. The molecule has 4 saturated carbocycles. The minimum Gasteiger partial charge on any atom is -0.480 e. The van der Waals surface area contributed by atoms with E-state index in [0.717, 1.165) is 51.4 Å². The van der Waals surface area contributed by atoms with Gasteiger partial charge >= 0.3 is 12.1 Å². The first-order valence-electron chi connectivity index (χ1n) is 29.8. The Balaban J connectivity index is 0.820. The number of carboxylic acid groups (broad SMARTS) is 1. The van der Waals surface area contributed by atoms with Gasteiger partial charge in [0, 0.05) is 86.3 Å². The minimum atomic E-state index is -1.09. The Kier molecular flexibility index (Phi) is 20.2. The van der Waals surface area contributed by atoms with Gasteiger partial charge in [-0.05, 0) is 169 Å². The molecule has 0 spiro atoms. The van der Waals surface area contributed by atoms with Crippen molar-refractivity contribution in [2.45, 2.75) is 196 Å². The summed E-state index contributed by atoms with van der Waals surface area (Å²) in [6.45, 7) is 18.7. The number of carboxylic acids is 1. The lowest BCUT2D eigenvalue weighted by Crippen LogP contribution is -2.62. The second-order valence-electron chi connectivity index (χ2n) is 26.2. The van der Waals surface area contributed by atoms with Crippen LogP contribution in [-0.2, 0) is 28.8 Å². The van der Waals surface area contributed by atoms with Gasteiger partial charge in [0.05, 0.1) is 22.4 Å². The quantitative estimate of drug-likeness (QED) is 0.0485. The number of Topliss-reactive ketones (excluding diaryl/α,β-unsaturated/α-hetero) is 2. The van der Waals surface area contributed by atoms with Crippen LogP contribution in [0.25, 0.3) is 10.2 Å². The van der Waals surface area contributed by atoms with Crippen molar-refractivity contribution >= 4 is 62.9 Å². The third-order valence-corrected chi connectivity index (χ3v) is 21.5. The lowest BCUT2D eigenvalue weighted by Gasteiger charge is -2.66. The van der Waals surface area contributed by atoms with Crippen LogP contribution in [0.4, 0.5) is 4.79 Å². The van der Waals surface area contributed by atoms with Crippen LogP contribution in [0.1, 0.15) is 183 Å². The number of aliphatic hydroxyl groups is 2. The van der Waals surface area contributed by atoms with Crippen molar-refractivity contribution in [1.82, 2.24) is 25.4 Å². The monoisotopic (exact) mass is 1140 g/mol. The SMILES string of the molecule is CC1=C(C)C(=O)C(C(C)(C)CC(=O)N(C)CCN(CCCCCC(=O)NCCCCC(NC(=O)CC[C@@H](C)C2CCC3[C@H]4C(CC[C@@]32C)[C@@]2(C)CC[C@@H](O)C[C@@]2(C)C[C@H]4O)C(=O)O)C(=O)Oc2ccc3nc(C#N)sc3c2)=C(C)C1=O. The summed E-state index contributed by atoms with van der Waals surface area (Å²) in [6.07, 6.45) is 10.4. The van der Waals surface area contributed by atoms with Crippen molar-refractivity contribution in [2.75, 3.05) is 33.2 Å². The molecule has 17 nitrogen and oxygen atoms in total. The number of nitrogens with one attached hydrogen (secondary N) is 2. The molecule has 5 aliphatic rings. The van der Waals surface area contributed by atoms with E-state index in [1.807, 2.05) is 6.07 Å². The molecule has 0 saturated heterocycles. The molecular formula is C63H90N6O11S. The zero-order chi connectivity index (χ0) is 59.4. The predicted molar refractivity (Wildman–Crippen MR) is 310 cm³/mol. The number of hydrogen-bond acceptors (Lipinski definition) is 13. The van der Waals surface area contributed by atoms with Crippen LogP contribution in [0.2, 0.25) is 0 Å². The van der Waals surface area contributed by atoms with Crippen molar-refractivity contribution in [2.24, 2.45) is 51.2 Å². The normalized spacial score (nSPS) is 28.1. The number of ether oxygens (including phenoxy) is 1. The zero-order valence-electron chi connectivity index (χ0n) is 49.7. The number of likely N-dealkylation sites (N-methyl/N-ethyl adjacent to an activating group) is 1. The minimum absolute atomic E-state index is 0.0426. The lowest BCUT2D eigenvalue weighted by atomic mass is 9.39. The molecule has 7 rings (SSSR count). The first-order chi connectivity index (χ1) is 38.1. The van der Waals surface area contributed by atoms with Gasteiger partial charge in [0.15, 0.2) is 16.6 Å². The number of thiazole rings is 1. The molecule has 0 radical (unpaired) electrons. The molecule has 5 aliphatic carbocycles. The standard InChI is InChI=1S/C63H90N6O11S/c1-37(43-20-21-44-54-45(25-26-62(43,44)8)63(9)27-24-41(70)33-61(63,7)34-48(54)71)18-23-51(73)66-47(58(77)78)16-13-14-28-65-50(72)17-12-11-15-29-69(59(79)80-42-19-22-46-49(32-42)81-52(36-64)67-46)31-30-68(10)53(74)35-60(5,6)55-40(4)56(75)38(2)39(3)57(55)76/h19,22,32,37,41,43-45,47-48,54,70-71H,11-18,20-21,23-31,33-35H2,1-10H3,(H,65,72)(H,66,73)(H,77,78)/t37-,41-,43?,44?,45?,47?,48-,54+,61+,62-,63-/m1/s1. The van der Waals surface area contributed by atoms with E-state index in [9.17, 15) is 54.1 Å². The number of aromatic nitrogens is 1. The highest BCUT2D eigenvalue weighted by atomic mass is 32.1. The molecule has 0 bridgehead atoms. The van der Waals surface area contributed by atoms with E-state index in [1.54, 1.807) is 59.9 Å². The number of nitriles is 1. The molecule has 2 aromatic rings. The number of rotatable bonds is 24. The van der Waals surface area contributed by atoms with Gasteiger partial charge in [-0.3, -0.25) is 24.0 Å². The van der Waals surface area contributed by atoms with Crippen molar-refractivity contribution in [3.05, 3.63) is 45.5 Å². The number of fused-ring (bicyclic) bond motifs is 6. The Morgan fingerprint density at radius 2 is 1.59 bits per heavy atom. The van der Waals surface area contributed by atoms with Gasteiger partial charge in [-0.25, -0.2) is 14.6 Å². The smallest absolute Gasteiger partial charge is 0.415 e. The number of allylic oxidation sites excluding steroid dienone is 4. The number of aliphatic carboxylic acids is 1. The second-order valence-corrected chi connectivity index (χ2v) is 27.2. The van der Waals surface area contributed by atoms with Gasteiger partial charge in [-0.1, -0.05) is 48.0 Å². The summed E-state index contributed by atoms with van der Waals surface area (Å²) in [5.74, 6) is -0.151. The average molecular weight is 1140 g/mol. The highest BCUT2D eigenvalue weighted by Crippen LogP contribution is 2.71. The van der Waals surface area contributed by atoms with E-state index in [2.05, 4.69) is 43.3 Å². The Hall–Kier alpha value is -5.51. The molecule has 5 N–H and O–H groups in total. The number of unbranched alkanes of at least 4 members (excludes halogenated alkanes) is 3. The number of hydrogen-bond donors (Lipinski definition) is 5. The molecular weight excluding hydrogens is 1050 g/mol. The van der Waals surface area contributed by atoms with Crippen LogP contribution in [-0.4, -0.2) is 123 Å². The van der Waals surface area contributed by atoms with E-state index in [-0.39, 0.29) is 126 Å². The number of aliphatic hydroxyl groups excluding tert-OH is 2. The molecule has 0 aliphatic heterocycles. The molecule has 81 heavy (non-hydrogen) atoms. The van der Waals surface area contributed by atoms with Gasteiger partial charge in [0.25, 0.3) is 0 Å². The van der Waals surface area contributed by atoms with Crippen LogP contribution >= 0.6 is 11.3 Å². The molecule has 1 heterocycles. The van der Waals surface area contributed by atoms with Crippen LogP contribution < -0.4 is 15.4 Å². The first-order valence-corrected chi connectivity index (χ1v) is 30.6. The third kappa shape index (κ3) is 13.8. The van der Waals surface area contributed by atoms with E-state index in [1.165, 1.54) is 21.1 Å². The maximum absolute atomic E-state index is 13.7. The number of amides is 4. The molecule has 18 heteroatoms. The summed E-state index contributed by atoms with van der Waals surface area (Å²) in [6, 6.07) is 5.92. The number of carbonyl (C=O) groups excluding carboxylic acids is 6. The molecule has 1 aromatic heterocycles. The van der Waals surface area contributed by atoms with Crippen LogP contribution in [0.5, 0.6) is 5.75 Å². The van der Waals surface area contributed by atoms with Gasteiger partial charge in [-0.15, -0.1) is 11.3 Å². The maximum atomic E-state index is 13.7. The van der Waals surface area contributed by atoms with Crippen LogP contribution in [0, 0.1) is 62.6 Å². The van der Waals surface area contributed by atoms with E-state index in [0.29, 0.717) is 95.3 Å². The number of ketones is 2. The molecule has 4 amide bonds. The summed E-state index contributed by atoms with van der Waals surface area (Å²) in [4.78, 5) is 99.3. The van der Waals surface area contributed by atoms with E-state index >= 15 is 0 Å². The van der Waals surface area contributed by atoms with Gasteiger partial charge < -0.3 is 40.5 Å². The van der Waals surface area contributed by atoms with Gasteiger partial charge in [0.2, 0.25) is 17.7 Å². The first kappa shape index (κ1) is 63.1. The Morgan fingerprint density at radius 1 is 0.864 bits per heavy atom. The van der Waals surface area contributed by atoms with Gasteiger partial charge in [-0.2, -0.15) is 5.26 Å². The Bertz CT molecular complexity index is 2830. The molecule has 4 fully saturated rings. The Morgan fingerprint density at radius 3 is 2.31 bits per heavy atom. The summed E-state index contributed by atoms with van der Waals surface area (Å²) >= 11 is 1.18. The summed E-state index contributed by atoms with van der Waals surface area (Å²) in [5, 5.41) is 47.7. The second kappa shape index (κ2) is 26.0.